The summed E-state index contributed by atoms with van der Waals surface area (Å²) in [6.45, 7) is 0. The highest BCUT2D eigenvalue weighted by atomic mass is 16.5. The first-order chi connectivity index (χ1) is 8.13. The third kappa shape index (κ3) is 1.91. The number of fused-ring (bicyclic) bond motifs is 1. The van der Waals surface area contributed by atoms with Gasteiger partial charge in [0, 0.05) is 13.0 Å². The molecule has 17 heavy (non-hydrogen) atoms. The lowest BCUT2D eigenvalue weighted by molar-refractivity contribution is -0.161. The normalized spacial score (nSPS) is 36.1. The molecule has 0 aromatic carbocycles. The van der Waals surface area contributed by atoms with Crippen molar-refractivity contribution in [2.24, 2.45) is 5.92 Å². The molecule has 0 aliphatic heterocycles. The van der Waals surface area contributed by atoms with Crippen molar-refractivity contribution in [3.63, 3.8) is 0 Å². The standard InChI is InChI=1S/C13H18O4/c1-16-11-7-3-6-10-9(11)5-4-8-13(10,15)12(14)17-2/h3,6-7,9,11,15H,4-5,8H2,1-2H3. The molecule has 0 spiro atoms. The molecular formula is C13H18O4. The minimum atomic E-state index is -1.47. The lowest BCUT2D eigenvalue weighted by Gasteiger charge is -2.41. The first-order valence-corrected chi connectivity index (χ1v) is 5.86. The maximum absolute atomic E-state index is 11.8. The van der Waals surface area contributed by atoms with Crippen molar-refractivity contribution in [1.82, 2.24) is 0 Å². The Hall–Kier alpha value is -1.13. The largest absolute Gasteiger partial charge is 0.467 e. The van der Waals surface area contributed by atoms with E-state index in [1.807, 2.05) is 18.2 Å². The van der Waals surface area contributed by atoms with E-state index in [1.54, 1.807) is 7.11 Å². The highest BCUT2D eigenvalue weighted by molar-refractivity contribution is 5.84. The first-order valence-electron chi connectivity index (χ1n) is 5.86. The summed E-state index contributed by atoms with van der Waals surface area (Å²) in [7, 11) is 2.95. The molecule has 0 amide bonds. The maximum atomic E-state index is 11.8. The average molecular weight is 238 g/mol. The zero-order valence-corrected chi connectivity index (χ0v) is 10.2. The van der Waals surface area contributed by atoms with E-state index in [2.05, 4.69) is 0 Å². The van der Waals surface area contributed by atoms with Gasteiger partial charge < -0.3 is 14.6 Å². The topological polar surface area (TPSA) is 55.8 Å². The molecule has 0 aromatic rings. The van der Waals surface area contributed by atoms with E-state index in [0.717, 1.165) is 18.4 Å². The average Bonchev–Trinajstić information content (AvgIpc) is 2.37. The quantitative estimate of drug-likeness (QED) is 0.734. The predicted molar refractivity (Wildman–Crippen MR) is 62.3 cm³/mol. The lowest BCUT2D eigenvalue weighted by atomic mass is 9.69. The highest BCUT2D eigenvalue weighted by Crippen LogP contribution is 2.42. The summed E-state index contributed by atoms with van der Waals surface area (Å²) in [4.78, 5) is 11.8. The molecule has 1 fully saturated rings. The second kappa shape index (κ2) is 4.63. The van der Waals surface area contributed by atoms with Crippen molar-refractivity contribution in [2.45, 2.75) is 31.0 Å². The van der Waals surface area contributed by atoms with Crippen molar-refractivity contribution in [3.8, 4) is 0 Å². The van der Waals surface area contributed by atoms with E-state index in [9.17, 15) is 9.90 Å². The molecule has 94 valence electrons. The summed E-state index contributed by atoms with van der Waals surface area (Å²) in [5.41, 5.74) is -0.746. The van der Waals surface area contributed by atoms with Gasteiger partial charge in [0.15, 0.2) is 5.60 Å². The van der Waals surface area contributed by atoms with E-state index in [1.165, 1.54) is 7.11 Å². The van der Waals surface area contributed by atoms with Crippen LogP contribution in [0.15, 0.2) is 23.8 Å². The first kappa shape index (κ1) is 12.3. The minimum Gasteiger partial charge on any atom is -0.467 e. The molecule has 2 rings (SSSR count). The van der Waals surface area contributed by atoms with E-state index < -0.39 is 11.6 Å². The number of ether oxygens (including phenoxy) is 2. The van der Waals surface area contributed by atoms with Crippen molar-refractivity contribution in [1.29, 1.82) is 0 Å². The molecule has 0 bridgehead atoms. The Morgan fingerprint density at radius 3 is 2.94 bits per heavy atom. The van der Waals surface area contributed by atoms with Crippen LogP contribution >= 0.6 is 0 Å². The smallest absolute Gasteiger partial charge is 0.342 e. The third-order valence-corrected chi connectivity index (χ3v) is 3.70. The molecule has 2 aliphatic rings. The van der Waals surface area contributed by atoms with Gasteiger partial charge in [-0.25, -0.2) is 4.79 Å². The van der Waals surface area contributed by atoms with Crippen LogP contribution in [-0.2, 0) is 14.3 Å². The molecule has 3 unspecified atom stereocenters. The number of carbonyl (C=O) groups excluding carboxylic acids is 1. The molecule has 0 aromatic heterocycles. The van der Waals surface area contributed by atoms with Gasteiger partial charge in [-0.1, -0.05) is 18.2 Å². The molecule has 1 N–H and O–H groups in total. The molecule has 4 nitrogen and oxygen atoms in total. The van der Waals surface area contributed by atoms with Crippen LogP contribution in [0, 0.1) is 5.92 Å². The van der Waals surface area contributed by atoms with Gasteiger partial charge >= 0.3 is 5.97 Å². The Morgan fingerprint density at radius 1 is 1.53 bits per heavy atom. The Morgan fingerprint density at radius 2 is 2.29 bits per heavy atom. The van der Waals surface area contributed by atoms with Gasteiger partial charge in [0.25, 0.3) is 0 Å². The predicted octanol–water partition coefficient (Wildman–Crippen LogP) is 1.20. The fourth-order valence-corrected chi connectivity index (χ4v) is 2.82. The van der Waals surface area contributed by atoms with Gasteiger partial charge in [0.1, 0.15) is 0 Å². The Kier molecular flexibility index (Phi) is 3.35. The van der Waals surface area contributed by atoms with Crippen LogP contribution in [0.2, 0.25) is 0 Å². The molecule has 1 saturated carbocycles. The molecular weight excluding hydrogens is 220 g/mol. The van der Waals surface area contributed by atoms with Crippen molar-refractivity contribution in [3.05, 3.63) is 23.8 Å². The van der Waals surface area contributed by atoms with Crippen molar-refractivity contribution >= 4 is 5.97 Å². The summed E-state index contributed by atoms with van der Waals surface area (Å²) in [5, 5.41) is 10.5. The Bertz CT molecular complexity index is 372. The number of hydrogen-bond donors (Lipinski definition) is 1. The lowest BCUT2D eigenvalue weighted by Crippen LogP contribution is -2.49. The number of hydrogen-bond acceptors (Lipinski definition) is 4. The van der Waals surface area contributed by atoms with Crippen LogP contribution < -0.4 is 0 Å². The van der Waals surface area contributed by atoms with Gasteiger partial charge in [0.2, 0.25) is 0 Å². The molecule has 4 heteroatoms. The van der Waals surface area contributed by atoms with Crippen LogP contribution in [0.25, 0.3) is 0 Å². The van der Waals surface area contributed by atoms with Gasteiger partial charge in [-0.05, 0) is 24.8 Å². The fourth-order valence-electron chi connectivity index (χ4n) is 2.82. The van der Waals surface area contributed by atoms with Crippen LogP contribution in [0.5, 0.6) is 0 Å². The monoisotopic (exact) mass is 238 g/mol. The number of allylic oxidation sites excluding steroid dienone is 2. The summed E-state index contributed by atoms with van der Waals surface area (Å²) >= 11 is 0. The van der Waals surface area contributed by atoms with E-state index in [0.29, 0.717) is 6.42 Å². The Labute approximate surface area is 101 Å². The fraction of sp³-hybridized carbons (Fsp3) is 0.615. The molecule has 2 aliphatic carbocycles. The van der Waals surface area contributed by atoms with E-state index in [-0.39, 0.29) is 12.0 Å². The number of methoxy groups -OCH3 is 2. The number of rotatable bonds is 2. The van der Waals surface area contributed by atoms with Crippen molar-refractivity contribution in [2.75, 3.05) is 14.2 Å². The number of esters is 1. The third-order valence-electron chi connectivity index (χ3n) is 3.70. The molecule has 0 saturated heterocycles. The van der Waals surface area contributed by atoms with Crippen LogP contribution in [0.1, 0.15) is 19.3 Å². The summed E-state index contributed by atoms with van der Waals surface area (Å²) < 4.78 is 10.1. The van der Waals surface area contributed by atoms with Gasteiger partial charge in [-0.2, -0.15) is 0 Å². The highest BCUT2D eigenvalue weighted by Gasteiger charge is 2.48. The van der Waals surface area contributed by atoms with Gasteiger partial charge in [0.05, 0.1) is 13.2 Å². The number of aliphatic hydroxyl groups is 1. The van der Waals surface area contributed by atoms with Gasteiger partial charge in [-0.15, -0.1) is 0 Å². The van der Waals surface area contributed by atoms with Crippen LogP contribution in [-0.4, -0.2) is 37.0 Å². The van der Waals surface area contributed by atoms with Crippen LogP contribution in [0.3, 0.4) is 0 Å². The Balaban J connectivity index is 2.34. The summed E-state index contributed by atoms with van der Waals surface area (Å²) in [6, 6.07) is 0. The second-order valence-corrected chi connectivity index (χ2v) is 4.56. The zero-order chi connectivity index (χ0) is 12.5. The second-order valence-electron chi connectivity index (χ2n) is 4.56. The SMILES string of the molecule is COC(=O)C1(O)CCCC2C1=CC=CC2OC. The molecule has 3 atom stereocenters. The van der Waals surface area contributed by atoms with Crippen molar-refractivity contribution < 1.29 is 19.4 Å². The van der Waals surface area contributed by atoms with Crippen LogP contribution in [0.4, 0.5) is 0 Å². The number of carbonyl (C=O) groups is 1. The van der Waals surface area contributed by atoms with E-state index in [4.69, 9.17) is 9.47 Å². The maximum Gasteiger partial charge on any atom is 0.342 e. The zero-order valence-electron chi connectivity index (χ0n) is 10.2. The minimum absolute atomic E-state index is 0.0634. The molecule has 0 heterocycles. The summed E-state index contributed by atoms with van der Waals surface area (Å²) in [5.74, 6) is -0.499. The van der Waals surface area contributed by atoms with E-state index >= 15 is 0 Å². The van der Waals surface area contributed by atoms with Gasteiger partial charge in [-0.3, -0.25) is 0 Å². The summed E-state index contributed by atoms with van der Waals surface area (Å²) in [6.07, 6.45) is 7.68. The molecule has 0 radical (unpaired) electrons.